The topological polar surface area (TPSA) is 64.1 Å². The van der Waals surface area contributed by atoms with Crippen LogP contribution in [0.2, 0.25) is 0 Å². The van der Waals surface area contributed by atoms with Crippen molar-refractivity contribution in [1.82, 2.24) is 10.6 Å². The van der Waals surface area contributed by atoms with Crippen molar-refractivity contribution in [3.05, 3.63) is 17.7 Å². The maximum atomic E-state index is 5.50. The number of ether oxygens (including phenoxy) is 3. The summed E-state index contributed by atoms with van der Waals surface area (Å²) in [5.74, 6) is 3.76. The van der Waals surface area contributed by atoms with Crippen molar-refractivity contribution in [3.63, 3.8) is 0 Å². The molecule has 1 aliphatic carbocycles. The van der Waals surface area contributed by atoms with E-state index in [1.807, 2.05) is 12.1 Å². The molecule has 0 unspecified atom stereocenters. The van der Waals surface area contributed by atoms with Crippen LogP contribution in [0.1, 0.15) is 45.1 Å². The summed E-state index contributed by atoms with van der Waals surface area (Å²) in [6.07, 6.45) is 4.96. The van der Waals surface area contributed by atoms with Crippen LogP contribution in [0.25, 0.3) is 0 Å². The highest BCUT2D eigenvalue weighted by atomic mass is 16.5. The highest BCUT2D eigenvalue weighted by molar-refractivity contribution is 5.80. The summed E-state index contributed by atoms with van der Waals surface area (Å²) in [7, 11) is 4.90. The molecule has 1 fully saturated rings. The fraction of sp³-hybridized carbons (Fsp3) is 0.650. The highest BCUT2D eigenvalue weighted by Gasteiger charge is 2.19. The van der Waals surface area contributed by atoms with Gasteiger partial charge in [-0.05, 0) is 44.6 Å². The summed E-state index contributed by atoms with van der Waals surface area (Å²) in [6, 6.07) is 4.26. The van der Waals surface area contributed by atoms with E-state index >= 15 is 0 Å². The lowest BCUT2D eigenvalue weighted by Crippen LogP contribution is -2.44. The van der Waals surface area contributed by atoms with Crippen molar-refractivity contribution < 1.29 is 14.2 Å². The zero-order valence-corrected chi connectivity index (χ0v) is 16.7. The van der Waals surface area contributed by atoms with Crippen LogP contribution < -0.4 is 24.8 Å². The minimum Gasteiger partial charge on any atom is -0.496 e. The van der Waals surface area contributed by atoms with Gasteiger partial charge in [0.25, 0.3) is 0 Å². The van der Waals surface area contributed by atoms with Gasteiger partial charge in [-0.3, -0.25) is 0 Å². The van der Waals surface area contributed by atoms with Gasteiger partial charge in [-0.25, -0.2) is 4.99 Å². The first kappa shape index (κ1) is 20.2. The van der Waals surface area contributed by atoms with Gasteiger partial charge < -0.3 is 24.8 Å². The van der Waals surface area contributed by atoms with Crippen LogP contribution in [-0.4, -0.2) is 39.9 Å². The Kier molecular flexibility index (Phi) is 7.88. The number of methoxy groups -OCH3 is 3. The average molecular weight is 364 g/mol. The molecule has 0 heterocycles. The third kappa shape index (κ3) is 5.44. The first-order valence-corrected chi connectivity index (χ1v) is 9.44. The molecule has 6 nitrogen and oxygen atoms in total. The second-order valence-corrected chi connectivity index (χ2v) is 6.82. The summed E-state index contributed by atoms with van der Waals surface area (Å²) in [6.45, 7) is 5.75. The van der Waals surface area contributed by atoms with Gasteiger partial charge in [0, 0.05) is 24.2 Å². The molecule has 2 rings (SSSR count). The summed E-state index contributed by atoms with van der Waals surface area (Å²) in [5, 5.41) is 6.92. The molecule has 6 heteroatoms. The first-order valence-electron chi connectivity index (χ1n) is 9.44. The second kappa shape index (κ2) is 10.1. The summed E-state index contributed by atoms with van der Waals surface area (Å²) >= 11 is 0. The molecule has 2 N–H and O–H groups in total. The van der Waals surface area contributed by atoms with Crippen LogP contribution in [-0.2, 0) is 6.54 Å². The Hall–Kier alpha value is -2.11. The molecular weight excluding hydrogens is 330 g/mol. The van der Waals surface area contributed by atoms with E-state index in [0.29, 0.717) is 24.1 Å². The second-order valence-electron chi connectivity index (χ2n) is 6.82. The molecule has 0 saturated heterocycles. The van der Waals surface area contributed by atoms with E-state index in [2.05, 4.69) is 24.5 Å². The third-order valence-electron chi connectivity index (χ3n) is 4.90. The van der Waals surface area contributed by atoms with Crippen LogP contribution in [0.15, 0.2) is 17.1 Å². The average Bonchev–Trinajstić information content (AvgIpc) is 2.67. The molecule has 0 atom stereocenters. The molecule has 0 amide bonds. The van der Waals surface area contributed by atoms with E-state index in [0.717, 1.165) is 29.7 Å². The zero-order valence-electron chi connectivity index (χ0n) is 16.7. The maximum Gasteiger partial charge on any atom is 0.191 e. The first-order chi connectivity index (χ1) is 12.6. The fourth-order valence-corrected chi connectivity index (χ4v) is 3.30. The minimum absolute atomic E-state index is 0.497. The number of hydrogen-bond donors (Lipinski definition) is 2. The molecule has 0 aromatic heterocycles. The third-order valence-corrected chi connectivity index (χ3v) is 4.90. The van der Waals surface area contributed by atoms with Crippen molar-refractivity contribution >= 4 is 5.96 Å². The number of benzene rings is 1. The molecule has 1 aliphatic rings. The molecule has 1 aromatic carbocycles. The summed E-state index contributed by atoms with van der Waals surface area (Å²) in [4.78, 5) is 4.75. The van der Waals surface area contributed by atoms with Crippen molar-refractivity contribution in [2.24, 2.45) is 10.9 Å². The van der Waals surface area contributed by atoms with Gasteiger partial charge in [0.05, 0.1) is 27.9 Å². The fourth-order valence-electron chi connectivity index (χ4n) is 3.30. The van der Waals surface area contributed by atoms with Gasteiger partial charge in [-0.2, -0.15) is 0 Å². The van der Waals surface area contributed by atoms with Gasteiger partial charge in [0.2, 0.25) is 0 Å². The number of nitrogens with one attached hydrogen (secondary N) is 2. The van der Waals surface area contributed by atoms with E-state index < -0.39 is 0 Å². The van der Waals surface area contributed by atoms with Gasteiger partial charge in [0.15, 0.2) is 17.5 Å². The molecular formula is C20H33N3O3. The Morgan fingerprint density at radius 3 is 2.19 bits per heavy atom. The standard InChI is InChI=1S/C20H33N3O3/c1-6-21-20(23-16-9-7-14(2)8-10-16)22-13-15-11-18(25-4)19(26-5)12-17(15)24-3/h11-12,14,16H,6-10,13H2,1-5H3,(H2,21,22,23). The molecule has 1 saturated carbocycles. The molecule has 146 valence electrons. The molecule has 1 aromatic rings. The largest absolute Gasteiger partial charge is 0.496 e. The van der Waals surface area contributed by atoms with Crippen LogP contribution >= 0.6 is 0 Å². The number of guanidine groups is 1. The van der Waals surface area contributed by atoms with Gasteiger partial charge in [-0.1, -0.05) is 6.92 Å². The predicted octanol–water partition coefficient (Wildman–Crippen LogP) is 3.35. The molecule has 0 aliphatic heterocycles. The molecule has 0 bridgehead atoms. The zero-order chi connectivity index (χ0) is 18.9. The Labute approximate surface area is 157 Å². The smallest absolute Gasteiger partial charge is 0.191 e. The van der Waals surface area contributed by atoms with Gasteiger partial charge >= 0.3 is 0 Å². The minimum atomic E-state index is 0.497. The number of nitrogens with zero attached hydrogens (tertiary/aromatic N) is 1. The van der Waals surface area contributed by atoms with Gasteiger partial charge in [-0.15, -0.1) is 0 Å². The Bertz CT molecular complexity index is 596. The Balaban J connectivity index is 2.12. The SMILES string of the molecule is CCNC(=NCc1cc(OC)c(OC)cc1OC)NC1CCC(C)CC1. The van der Waals surface area contributed by atoms with E-state index in [9.17, 15) is 0 Å². The lowest BCUT2D eigenvalue weighted by molar-refractivity contribution is 0.329. The van der Waals surface area contributed by atoms with E-state index in [4.69, 9.17) is 19.2 Å². The number of hydrogen-bond acceptors (Lipinski definition) is 4. The van der Waals surface area contributed by atoms with Gasteiger partial charge in [0.1, 0.15) is 5.75 Å². The Morgan fingerprint density at radius 1 is 1.00 bits per heavy atom. The highest BCUT2D eigenvalue weighted by Crippen LogP contribution is 2.35. The van der Waals surface area contributed by atoms with E-state index in [-0.39, 0.29) is 0 Å². The lowest BCUT2D eigenvalue weighted by atomic mass is 9.87. The maximum absolute atomic E-state index is 5.50. The van der Waals surface area contributed by atoms with Crippen LogP contribution in [0.3, 0.4) is 0 Å². The normalized spacial score (nSPS) is 20.4. The summed E-state index contributed by atoms with van der Waals surface area (Å²) in [5.41, 5.74) is 0.958. The van der Waals surface area contributed by atoms with Crippen LogP contribution in [0.5, 0.6) is 17.2 Å². The van der Waals surface area contributed by atoms with Crippen molar-refractivity contribution in [3.8, 4) is 17.2 Å². The van der Waals surface area contributed by atoms with Crippen molar-refractivity contribution in [2.75, 3.05) is 27.9 Å². The van der Waals surface area contributed by atoms with Crippen molar-refractivity contribution in [2.45, 2.75) is 52.1 Å². The van der Waals surface area contributed by atoms with Crippen LogP contribution in [0, 0.1) is 5.92 Å². The van der Waals surface area contributed by atoms with Crippen molar-refractivity contribution in [1.29, 1.82) is 0 Å². The quantitative estimate of drug-likeness (QED) is 0.575. The predicted molar refractivity (Wildman–Crippen MR) is 105 cm³/mol. The molecule has 26 heavy (non-hydrogen) atoms. The van der Waals surface area contributed by atoms with Crippen LogP contribution in [0.4, 0.5) is 0 Å². The molecule has 0 radical (unpaired) electrons. The van der Waals surface area contributed by atoms with E-state index in [1.54, 1.807) is 21.3 Å². The van der Waals surface area contributed by atoms with E-state index in [1.165, 1.54) is 25.7 Å². The lowest BCUT2D eigenvalue weighted by Gasteiger charge is -2.28. The molecule has 0 spiro atoms. The monoisotopic (exact) mass is 363 g/mol. The summed E-state index contributed by atoms with van der Waals surface area (Å²) < 4.78 is 16.2. The number of rotatable bonds is 7. The number of aliphatic imine (C=N–C) groups is 1. The Morgan fingerprint density at radius 2 is 1.62 bits per heavy atom.